The van der Waals surface area contributed by atoms with Crippen LogP contribution in [0.3, 0.4) is 0 Å². The van der Waals surface area contributed by atoms with Crippen LogP contribution in [0.4, 0.5) is 4.79 Å². The number of rotatable bonds is 4. The van der Waals surface area contributed by atoms with Gasteiger partial charge in [-0.2, -0.15) is 11.8 Å². The zero-order valence-electron chi connectivity index (χ0n) is 11.3. The molecule has 0 radical (unpaired) electrons. The predicted molar refractivity (Wildman–Crippen MR) is 70.9 cm³/mol. The summed E-state index contributed by atoms with van der Waals surface area (Å²) < 4.78 is 5.30. The minimum Gasteiger partial charge on any atom is -0.480 e. The molecule has 1 aliphatic rings. The van der Waals surface area contributed by atoms with Gasteiger partial charge >= 0.3 is 12.1 Å². The number of hydrogen-bond acceptors (Lipinski definition) is 4. The van der Waals surface area contributed by atoms with E-state index >= 15 is 0 Å². The number of carbonyl (C=O) groups is 2. The highest BCUT2D eigenvalue weighted by atomic mass is 32.2. The molecule has 0 spiro atoms. The first kappa shape index (κ1) is 15.1. The van der Waals surface area contributed by atoms with Crippen molar-refractivity contribution in [3.8, 4) is 0 Å². The van der Waals surface area contributed by atoms with Crippen LogP contribution in [0.5, 0.6) is 0 Å². The second-order valence-electron chi connectivity index (χ2n) is 5.34. The number of amides is 1. The Balaban J connectivity index is 2.83. The van der Waals surface area contributed by atoms with Gasteiger partial charge in [0.2, 0.25) is 0 Å². The van der Waals surface area contributed by atoms with Crippen molar-refractivity contribution in [1.82, 2.24) is 4.90 Å². The third kappa shape index (κ3) is 3.80. The highest BCUT2D eigenvalue weighted by Crippen LogP contribution is 2.27. The van der Waals surface area contributed by atoms with Crippen molar-refractivity contribution >= 4 is 23.8 Å². The molecule has 104 valence electrons. The Morgan fingerprint density at radius 3 is 2.28 bits per heavy atom. The van der Waals surface area contributed by atoms with Crippen molar-refractivity contribution in [2.45, 2.75) is 51.8 Å². The van der Waals surface area contributed by atoms with E-state index in [1.807, 2.05) is 0 Å². The first-order chi connectivity index (χ1) is 8.26. The van der Waals surface area contributed by atoms with Crippen LogP contribution in [-0.4, -0.2) is 51.3 Å². The first-order valence-electron chi connectivity index (χ1n) is 6.08. The molecule has 0 bridgehead atoms. The van der Waals surface area contributed by atoms with Crippen LogP contribution >= 0.6 is 11.8 Å². The van der Waals surface area contributed by atoms with E-state index in [9.17, 15) is 14.7 Å². The molecule has 0 aromatic rings. The molecule has 1 heterocycles. The molecule has 1 atom stereocenters. The molecule has 0 aromatic heterocycles. The van der Waals surface area contributed by atoms with Crippen LogP contribution in [0.25, 0.3) is 0 Å². The number of hydrogen-bond donors (Lipinski definition) is 1. The summed E-state index contributed by atoms with van der Waals surface area (Å²) in [6.07, 6.45) is -0.141. The molecule has 1 unspecified atom stereocenters. The van der Waals surface area contributed by atoms with Crippen molar-refractivity contribution < 1.29 is 19.4 Å². The number of carboxylic acid groups (broad SMARTS) is 1. The lowest BCUT2D eigenvalue weighted by atomic mass is 10.1. The van der Waals surface area contributed by atoms with Gasteiger partial charge in [-0.15, -0.1) is 0 Å². The number of carboxylic acids is 1. The molecule has 1 fully saturated rings. The fraction of sp³-hybridized carbons (Fsp3) is 0.833. The average Bonchev–Trinajstić information content (AvgIpc) is 2.10. The largest absolute Gasteiger partial charge is 0.480 e. The van der Waals surface area contributed by atoms with E-state index in [-0.39, 0.29) is 6.04 Å². The van der Waals surface area contributed by atoms with E-state index in [2.05, 4.69) is 0 Å². The summed E-state index contributed by atoms with van der Waals surface area (Å²) in [5, 5.41) is 9.20. The normalized spacial score (nSPS) is 17.8. The van der Waals surface area contributed by atoms with Crippen LogP contribution in [0.15, 0.2) is 0 Å². The Morgan fingerprint density at radius 1 is 1.44 bits per heavy atom. The maximum Gasteiger partial charge on any atom is 0.411 e. The first-order valence-corrected chi connectivity index (χ1v) is 7.23. The topological polar surface area (TPSA) is 66.8 Å². The smallest absolute Gasteiger partial charge is 0.411 e. The number of carbonyl (C=O) groups excluding carboxylic acids is 1. The quantitative estimate of drug-likeness (QED) is 0.852. The van der Waals surface area contributed by atoms with Gasteiger partial charge in [-0.05, 0) is 27.2 Å². The fourth-order valence-electron chi connectivity index (χ4n) is 1.72. The minimum atomic E-state index is -0.972. The number of ether oxygens (including phenoxy) is 1. The van der Waals surface area contributed by atoms with Gasteiger partial charge < -0.3 is 9.84 Å². The molecule has 5 nitrogen and oxygen atoms in total. The Hall–Kier alpha value is -0.910. The van der Waals surface area contributed by atoms with Crippen LogP contribution in [0.1, 0.15) is 34.1 Å². The van der Waals surface area contributed by atoms with Crippen LogP contribution in [0, 0.1) is 0 Å². The molecule has 1 saturated heterocycles. The molecule has 1 N–H and O–H groups in total. The monoisotopic (exact) mass is 275 g/mol. The maximum atomic E-state index is 12.1. The van der Waals surface area contributed by atoms with Gasteiger partial charge in [0.25, 0.3) is 0 Å². The Bertz CT molecular complexity index is 323. The molecule has 0 saturated carbocycles. The van der Waals surface area contributed by atoms with Crippen molar-refractivity contribution in [2.24, 2.45) is 0 Å². The summed E-state index contributed by atoms with van der Waals surface area (Å²) >= 11 is 1.71. The molecular formula is C12H21NO4S. The van der Waals surface area contributed by atoms with E-state index in [0.717, 1.165) is 11.5 Å². The molecule has 18 heavy (non-hydrogen) atoms. The zero-order valence-corrected chi connectivity index (χ0v) is 12.1. The zero-order chi connectivity index (χ0) is 13.9. The second-order valence-corrected chi connectivity index (χ2v) is 6.42. The Kier molecular flexibility index (Phi) is 4.90. The van der Waals surface area contributed by atoms with E-state index in [4.69, 9.17) is 4.74 Å². The standard InChI is InChI=1S/C12H21NO4S/c1-5-9(10(14)15)13(8-6-18-7-8)11(16)17-12(2,3)4/h8-9H,5-7H2,1-4H3,(H,14,15). The minimum absolute atomic E-state index is 0.0223. The summed E-state index contributed by atoms with van der Waals surface area (Å²) in [6.45, 7) is 7.10. The van der Waals surface area contributed by atoms with E-state index in [0.29, 0.717) is 6.42 Å². The van der Waals surface area contributed by atoms with Crippen molar-refractivity contribution in [2.75, 3.05) is 11.5 Å². The van der Waals surface area contributed by atoms with E-state index in [1.54, 1.807) is 39.5 Å². The molecule has 0 aromatic carbocycles. The lowest BCUT2D eigenvalue weighted by molar-refractivity contribution is -0.144. The van der Waals surface area contributed by atoms with Gasteiger partial charge in [-0.3, -0.25) is 4.90 Å². The van der Waals surface area contributed by atoms with Gasteiger partial charge in [-0.1, -0.05) is 6.92 Å². The highest BCUT2D eigenvalue weighted by Gasteiger charge is 2.39. The van der Waals surface area contributed by atoms with Gasteiger partial charge in [0.15, 0.2) is 0 Å². The predicted octanol–water partition coefficient (Wildman–Crippen LogP) is 2.20. The summed E-state index contributed by atoms with van der Waals surface area (Å²) in [7, 11) is 0. The van der Waals surface area contributed by atoms with Crippen molar-refractivity contribution in [3.63, 3.8) is 0 Å². The Morgan fingerprint density at radius 2 is 2.00 bits per heavy atom. The Labute approximate surface area is 112 Å². The maximum absolute atomic E-state index is 12.1. The van der Waals surface area contributed by atoms with Crippen LogP contribution < -0.4 is 0 Å². The van der Waals surface area contributed by atoms with Gasteiger partial charge in [0.1, 0.15) is 11.6 Å². The summed E-state index contributed by atoms with van der Waals surface area (Å²) in [5.41, 5.74) is -0.608. The molecule has 1 aliphatic heterocycles. The van der Waals surface area contributed by atoms with Crippen molar-refractivity contribution in [3.05, 3.63) is 0 Å². The van der Waals surface area contributed by atoms with Gasteiger partial charge in [-0.25, -0.2) is 9.59 Å². The fourth-order valence-corrected chi connectivity index (χ4v) is 2.49. The average molecular weight is 275 g/mol. The second kappa shape index (κ2) is 5.82. The van der Waals surface area contributed by atoms with E-state index < -0.39 is 23.7 Å². The summed E-state index contributed by atoms with van der Waals surface area (Å²) in [6, 6.07) is -0.823. The van der Waals surface area contributed by atoms with Gasteiger partial charge in [0.05, 0.1) is 6.04 Å². The SMILES string of the molecule is CCC(C(=O)O)N(C(=O)OC(C)(C)C)C1CSC1. The van der Waals surface area contributed by atoms with Crippen molar-refractivity contribution in [1.29, 1.82) is 0 Å². The lowest BCUT2D eigenvalue weighted by Gasteiger charge is -2.40. The van der Waals surface area contributed by atoms with E-state index in [1.165, 1.54) is 4.90 Å². The number of aliphatic carboxylic acids is 1. The molecule has 1 rings (SSSR count). The third-order valence-electron chi connectivity index (χ3n) is 2.63. The highest BCUT2D eigenvalue weighted by molar-refractivity contribution is 8.00. The van der Waals surface area contributed by atoms with Crippen LogP contribution in [0.2, 0.25) is 0 Å². The molecule has 0 aliphatic carbocycles. The lowest BCUT2D eigenvalue weighted by Crippen LogP contribution is -2.56. The van der Waals surface area contributed by atoms with Crippen LogP contribution in [-0.2, 0) is 9.53 Å². The third-order valence-corrected chi connectivity index (χ3v) is 3.87. The molecular weight excluding hydrogens is 254 g/mol. The molecule has 6 heteroatoms. The summed E-state index contributed by atoms with van der Waals surface area (Å²) in [5.74, 6) is 0.590. The number of thioether (sulfide) groups is 1. The van der Waals surface area contributed by atoms with Gasteiger partial charge in [0, 0.05) is 11.5 Å². The number of nitrogens with zero attached hydrogens (tertiary/aromatic N) is 1. The molecule has 1 amide bonds. The summed E-state index contributed by atoms with van der Waals surface area (Å²) in [4.78, 5) is 24.8.